The van der Waals surface area contributed by atoms with E-state index in [4.69, 9.17) is 11.6 Å². The number of esters is 1. The average Bonchev–Trinajstić information content (AvgIpc) is 2.54. The number of benzene rings is 1. The van der Waals surface area contributed by atoms with E-state index >= 15 is 0 Å². The van der Waals surface area contributed by atoms with Crippen LogP contribution in [0, 0.1) is 0 Å². The van der Waals surface area contributed by atoms with E-state index < -0.39 is 21.2 Å². The van der Waals surface area contributed by atoms with Crippen molar-refractivity contribution >= 4 is 45.4 Å². The van der Waals surface area contributed by atoms with Gasteiger partial charge < -0.3 is 4.74 Å². The van der Waals surface area contributed by atoms with Gasteiger partial charge in [0.15, 0.2) is 0 Å². The van der Waals surface area contributed by atoms with Crippen LogP contribution in [-0.2, 0) is 19.6 Å². The number of methoxy groups -OCH3 is 1. The molecule has 0 amide bonds. The molecule has 0 bridgehead atoms. The summed E-state index contributed by atoms with van der Waals surface area (Å²) in [7, 11) is -2.27. The Morgan fingerprint density at radius 3 is 2.73 bits per heavy atom. The first-order valence-corrected chi connectivity index (χ1v) is 9.48. The lowest BCUT2D eigenvalue weighted by Gasteiger charge is -2.29. The molecule has 0 N–H and O–H groups in total. The third-order valence-corrected chi connectivity index (χ3v) is 6.10. The monoisotopic (exact) mass is 361 g/mol. The predicted molar refractivity (Wildman–Crippen MR) is 89.2 cm³/mol. The van der Waals surface area contributed by atoms with Crippen molar-refractivity contribution < 1.29 is 17.9 Å². The summed E-state index contributed by atoms with van der Waals surface area (Å²) in [6, 6.07) is 6.85. The molecular formula is C14H16ClNO4S2. The fourth-order valence-corrected chi connectivity index (χ4v) is 4.62. The minimum Gasteiger partial charge on any atom is -0.468 e. The quantitative estimate of drug-likeness (QED) is 0.769. The van der Waals surface area contributed by atoms with Crippen molar-refractivity contribution in [2.45, 2.75) is 5.25 Å². The van der Waals surface area contributed by atoms with Crippen LogP contribution in [0.5, 0.6) is 0 Å². The smallest absolute Gasteiger partial charge is 0.320 e. The molecule has 120 valence electrons. The van der Waals surface area contributed by atoms with Crippen LogP contribution in [0.4, 0.5) is 0 Å². The molecule has 22 heavy (non-hydrogen) atoms. The minimum atomic E-state index is -3.57. The molecule has 1 aliphatic heterocycles. The van der Waals surface area contributed by atoms with Crippen molar-refractivity contribution in [3.05, 3.63) is 40.3 Å². The molecule has 0 aromatic heterocycles. The van der Waals surface area contributed by atoms with Gasteiger partial charge in [-0.3, -0.25) is 4.79 Å². The van der Waals surface area contributed by atoms with Crippen LogP contribution in [0.15, 0.2) is 29.7 Å². The van der Waals surface area contributed by atoms with Crippen molar-refractivity contribution in [1.82, 2.24) is 4.31 Å². The molecule has 0 spiro atoms. The Morgan fingerprint density at radius 1 is 1.41 bits per heavy atom. The summed E-state index contributed by atoms with van der Waals surface area (Å²) in [5.41, 5.74) is 0.740. The number of thioether (sulfide) groups is 1. The highest BCUT2D eigenvalue weighted by molar-refractivity contribution is 8.00. The zero-order chi connectivity index (χ0) is 16.2. The highest BCUT2D eigenvalue weighted by Crippen LogP contribution is 2.23. The number of carbonyl (C=O) groups excluding carboxylic acids is 1. The number of rotatable bonds is 4. The molecule has 1 aromatic rings. The number of hydrogen-bond donors (Lipinski definition) is 0. The maximum absolute atomic E-state index is 12.3. The Balaban J connectivity index is 2.09. The summed E-state index contributed by atoms with van der Waals surface area (Å²) in [5.74, 6) is 0.167. The van der Waals surface area contributed by atoms with Crippen LogP contribution in [0.1, 0.15) is 5.56 Å². The molecule has 0 aliphatic carbocycles. The summed E-state index contributed by atoms with van der Waals surface area (Å²) in [5, 5.41) is 1.27. The average molecular weight is 362 g/mol. The van der Waals surface area contributed by atoms with Crippen molar-refractivity contribution in [1.29, 1.82) is 0 Å². The molecule has 1 atom stereocenters. The van der Waals surface area contributed by atoms with Gasteiger partial charge in [0.05, 0.1) is 7.11 Å². The van der Waals surface area contributed by atoms with Crippen LogP contribution in [0.3, 0.4) is 0 Å². The molecule has 5 nitrogen and oxygen atoms in total. The van der Waals surface area contributed by atoms with E-state index in [1.807, 2.05) is 0 Å². The second kappa shape index (κ2) is 7.50. The van der Waals surface area contributed by atoms with Gasteiger partial charge >= 0.3 is 5.97 Å². The number of carbonyl (C=O) groups is 1. The number of hydrogen-bond acceptors (Lipinski definition) is 5. The summed E-state index contributed by atoms with van der Waals surface area (Å²) in [4.78, 5) is 11.6. The first-order chi connectivity index (χ1) is 10.4. The van der Waals surface area contributed by atoms with Gasteiger partial charge in [-0.25, -0.2) is 8.42 Å². The Labute approximate surface area is 139 Å². The van der Waals surface area contributed by atoms with E-state index in [0.717, 1.165) is 11.0 Å². The predicted octanol–water partition coefficient (Wildman–Crippen LogP) is 2.23. The van der Waals surface area contributed by atoms with Crippen molar-refractivity contribution in [3.63, 3.8) is 0 Å². The molecule has 0 unspecified atom stereocenters. The van der Waals surface area contributed by atoms with Gasteiger partial charge in [-0.15, -0.1) is 11.8 Å². The van der Waals surface area contributed by atoms with Gasteiger partial charge in [0, 0.05) is 29.3 Å². The molecule has 8 heteroatoms. The normalized spacial score (nSPS) is 20.2. The number of halogens is 1. The Bertz CT molecular complexity index is 658. The zero-order valence-electron chi connectivity index (χ0n) is 11.9. The lowest BCUT2D eigenvalue weighted by atomic mass is 10.2. The van der Waals surface area contributed by atoms with E-state index in [9.17, 15) is 13.2 Å². The van der Waals surface area contributed by atoms with Gasteiger partial charge in [-0.2, -0.15) is 4.31 Å². The number of sulfonamides is 1. The van der Waals surface area contributed by atoms with Crippen LogP contribution < -0.4 is 0 Å². The fraction of sp³-hybridized carbons (Fsp3) is 0.357. The highest BCUT2D eigenvalue weighted by Gasteiger charge is 2.32. The third kappa shape index (κ3) is 4.49. The van der Waals surface area contributed by atoms with Crippen molar-refractivity contribution in [2.24, 2.45) is 0 Å². The molecule has 1 heterocycles. The van der Waals surface area contributed by atoms with E-state index in [2.05, 4.69) is 4.74 Å². The molecule has 0 saturated carbocycles. The maximum atomic E-state index is 12.3. The van der Waals surface area contributed by atoms with Crippen LogP contribution in [-0.4, -0.2) is 49.9 Å². The van der Waals surface area contributed by atoms with Gasteiger partial charge in [0.25, 0.3) is 0 Å². The SMILES string of the molecule is COC(=O)[C@@H]1CN(S(=O)(=O)/C=C/c2ccc(Cl)cc2)CCS1. The first-order valence-electron chi connectivity index (χ1n) is 6.55. The van der Waals surface area contributed by atoms with Crippen LogP contribution in [0.25, 0.3) is 6.08 Å². The van der Waals surface area contributed by atoms with Gasteiger partial charge in [-0.1, -0.05) is 23.7 Å². The lowest BCUT2D eigenvalue weighted by Crippen LogP contribution is -2.44. The van der Waals surface area contributed by atoms with Gasteiger partial charge in [-0.05, 0) is 23.8 Å². The lowest BCUT2D eigenvalue weighted by molar-refractivity contribution is -0.140. The second-order valence-electron chi connectivity index (χ2n) is 4.64. The minimum absolute atomic E-state index is 0.130. The van der Waals surface area contributed by atoms with Crippen LogP contribution in [0.2, 0.25) is 5.02 Å². The number of nitrogens with zero attached hydrogens (tertiary/aromatic N) is 1. The van der Waals surface area contributed by atoms with E-state index in [1.165, 1.54) is 29.3 Å². The highest BCUT2D eigenvalue weighted by atomic mass is 35.5. The molecule has 0 radical (unpaired) electrons. The van der Waals surface area contributed by atoms with E-state index in [0.29, 0.717) is 17.3 Å². The Morgan fingerprint density at radius 2 is 2.09 bits per heavy atom. The maximum Gasteiger partial charge on any atom is 0.320 e. The van der Waals surface area contributed by atoms with Gasteiger partial charge in [0.1, 0.15) is 5.25 Å². The fourth-order valence-electron chi connectivity index (χ4n) is 1.96. The standard InChI is InChI=1S/C14H16ClNO4S2/c1-20-14(17)13-10-16(7-8-21-13)22(18,19)9-6-11-2-4-12(15)5-3-11/h2-6,9,13H,7-8,10H2,1H3/b9-6+/t13-/m0/s1. The molecule has 1 aromatic carbocycles. The summed E-state index contributed by atoms with van der Waals surface area (Å²) >= 11 is 7.20. The third-order valence-electron chi connectivity index (χ3n) is 3.16. The number of ether oxygens (including phenoxy) is 1. The molecule has 1 aliphatic rings. The first kappa shape index (κ1) is 17.3. The molecule has 1 saturated heterocycles. The Kier molecular flexibility index (Phi) is 5.91. The van der Waals surface area contributed by atoms with Gasteiger partial charge in [0.2, 0.25) is 10.0 Å². The summed E-state index contributed by atoms with van der Waals surface area (Å²) in [6.45, 7) is 0.510. The molecule has 1 fully saturated rings. The van der Waals surface area contributed by atoms with Crippen molar-refractivity contribution in [3.8, 4) is 0 Å². The largest absolute Gasteiger partial charge is 0.468 e. The molecular weight excluding hydrogens is 346 g/mol. The van der Waals surface area contributed by atoms with Crippen LogP contribution >= 0.6 is 23.4 Å². The molecule has 2 rings (SSSR count). The summed E-state index contributed by atoms with van der Waals surface area (Å²) < 4.78 is 30.7. The topological polar surface area (TPSA) is 63.7 Å². The van der Waals surface area contributed by atoms with Crippen molar-refractivity contribution in [2.75, 3.05) is 26.0 Å². The van der Waals surface area contributed by atoms with E-state index in [1.54, 1.807) is 24.3 Å². The Hall–Kier alpha value is -1.02. The zero-order valence-corrected chi connectivity index (χ0v) is 14.3. The van der Waals surface area contributed by atoms with E-state index in [-0.39, 0.29) is 6.54 Å². The second-order valence-corrected chi connectivity index (χ2v) is 8.21. The summed E-state index contributed by atoms with van der Waals surface area (Å²) in [6.07, 6.45) is 1.51.